The zero-order chi connectivity index (χ0) is 23.7. The summed E-state index contributed by atoms with van der Waals surface area (Å²) in [5.41, 5.74) is 6.23. The number of aromatic nitrogens is 1. The van der Waals surface area contributed by atoms with E-state index >= 15 is 0 Å². The molecule has 1 fully saturated rings. The first kappa shape index (κ1) is 22.6. The molecule has 0 bridgehead atoms. The number of rotatable bonds is 5. The van der Waals surface area contributed by atoms with Gasteiger partial charge in [0.15, 0.2) is 11.6 Å². The van der Waals surface area contributed by atoms with Crippen molar-refractivity contribution in [2.45, 2.75) is 38.5 Å². The Balaban J connectivity index is 1.30. The fourth-order valence-electron chi connectivity index (χ4n) is 5.08. The molecule has 0 aliphatic carbocycles. The lowest BCUT2D eigenvalue weighted by atomic mass is 9.84. The van der Waals surface area contributed by atoms with Gasteiger partial charge in [-0.1, -0.05) is 23.4 Å². The zero-order valence-corrected chi connectivity index (χ0v) is 19.4. The Labute approximate surface area is 198 Å². The fraction of sp³-hybridized carbons (Fsp3) is 0.333. The van der Waals surface area contributed by atoms with Crippen LogP contribution < -0.4 is 0 Å². The van der Waals surface area contributed by atoms with E-state index < -0.39 is 11.6 Å². The largest absolute Gasteiger partial charge is 0.399 e. The first-order chi connectivity index (χ1) is 16.5. The van der Waals surface area contributed by atoms with Crippen LogP contribution in [0.3, 0.4) is 0 Å². The molecule has 2 aliphatic heterocycles. The summed E-state index contributed by atoms with van der Waals surface area (Å²) in [5, 5.41) is 4.10. The van der Waals surface area contributed by atoms with E-state index in [1.165, 1.54) is 29.9 Å². The summed E-state index contributed by atoms with van der Waals surface area (Å²) in [6.07, 6.45) is 5.69. The van der Waals surface area contributed by atoms with E-state index in [0.29, 0.717) is 17.9 Å². The highest BCUT2D eigenvalue weighted by atomic mass is 19.2. The number of nitrogens with zero attached hydrogens (tertiary/aromatic N) is 3. The van der Waals surface area contributed by atoms with Gasteiger partial charge in [0.1, 0.15) is 12.8 Å². The molecular formula is C27H27F2N3O2. The van der Waals surface area contributed by atoms with Crippen molar-refractivity contribution in [3.05, 3.63) is 99.9 Å². The second-order valence-electron chi connectivity index (χ2n) is 8.99. The van der Waals surface area contributed by atoms with E-state index in [4.69, 9.17) is 9.57 Å². The number of benzene rings is 2. The predicted molar refractivity (Wildman–Crippen MR) is 125 cm³/mol. The van der Waals surface area contributed by atoms with Crippen LogP contribution in [0.5, 0.6) is 0 Å². The first-order valence-corrected chi connectivity index (χ1v) is 11.5. The number of halogens is 2. The number of pyridine rings is 1. The molecule has 176 valence electrons. The number of hydrogen-bond donors (Lipinski definition) is 0. The Morgan fingerprint density at radius 2 is 1.94 bits per heavy atom. The quantitative estimate of drug-likeness (QED) is 0.391. The topological polar surface area (TPSA) is 47.0 Å². The van der Waals surface area contributed by atoms with Gasteiger partial charge in [0.2, 0.25) is 0 Å². The lowest BCUT2D eigenvalue weighted by molar-refractivity contribution is -0.0800. The molecular weight excluding hydrogens is 436 g/mol. The second kappa shape index (κ2) is 9.24. The van der Waals surface area contributed by atoms with Crippen molar-refractivity contribution < 1.29 is 18.4 Å². The van der Waals surface area contributed by atoms with Crippen molar-refractivity contribution in [3.8, 4) is 0 Å². The second-order valence-corrected chi connectivity index (χ2v) is 8.99. The Kier molecular flexibility index (Phi) is 6.15. The van der Waals surface area contributed by atoms with Crippen LogP contribution in [-0.4, -0.2) is 35.8 Å². The molecule has 1 aromatic heterocycles. The van der Waals surface area contributed by atoms with Crippen molar-refractivity contribution in [1.29, 1.82) is 0 Å². The number of piperidine rings is 1. The first-order valence-electron chi connectivity index (χ1n) is 11.5. The zero-order valence-electron chi connectivity index (χ0n) is 19.4. The van der Waals surface area contributed by atoms with Gasteiger partial charge >= 0.3 is 0 Å². The number of oxime groups is 1. The summed E-state index contributed by atoms with van der Waals surface area (Å²) in [6.45, 7) is 5.38. The number of hydrogen-bond acceptors (Lipinski definition) is 5. The normalized spacial score (nSPS) is 17.7. The molecule has 1 saturated heterocycles. The van der Waals surface area contributed by atoms with Crippen LogP contribution in [0.2, 0.25) is 0 Å². The molecule has 1 spiro atoms. The smallest absolute Gasteiger partial charge is 0.159 e. The molecule has 3 aromatic rings. The molecule has 0 saturated carbocycles. The van der Waals surface area contributed by atoms with E-state index in [1.54, 1.807) is 0 Å². The van der Waals surface area contributed by atoms with Crippen LogP contribution in [0.15, 0.2) is 60.0 Å². The highest BCUT2D eigenvalue weighted by molar-refractivity contribution is 6.13. The van der Waals surface area contributed by atoms with Crippen LogP contribution >= 0.6 is 0 Å². The molecule has 3 heterocycles. The maximum atomic E-state index is 13.8. The Morgan fingerprint density at radius 3 is 2.68 bits per heavy atom. The lowest BCUT2D eigenvalue weighted by Crippen LogP contribution is -2.42. The van der Waals surface area contributed by atoms with Gasteiger partial charge in [-0.2, -0.15) is 0 Å². The van der Waals surface area contributed by atoms with E-state index in [2.05, 4.69) is 33.2 Å². The summed E-state index contributed by atoms with van der Waals surface area (Å²) < 4.78 is 33.5. The van der Waals surface area contributed by atoms with Crippen LogP contribution in [0.1, 0.15) is 46.2 Å². The highest BCUT2D eigenvalue weighted by Gasteiger charge is 2.42. The maximum absolute atomic E-state index is 13.8. The number of aryl methyl sites for hydroxylation is 1. The van der Waals surface area contributed by atoms with Gasteiger partial charge in [-0.15, -0.1) is 0 Å². The Hall–Kier alpha value is -3.16. The molecule has 2 aromatic carbocycles. The minimum atomic E-state index is -0.914. The highest BCUT2D eigenvalue weighted by Crippen LogP contribution is 2.43. The van der Waals surface area contributed by atoms with Gasteiger partial charge in [0.25, 0.3) is 0 Å². The summed E-state index contributed by atoms with van der Waals surface area (Å²) in [7, 11) is 1.44. The van der Waals surface area contributed by atoms with Crippen LogP contribution in [0, 0.1) is 18.6 Å². The van der Waals surface area contributed by atoms with Gasteiger partial charge in [-0.3, -0.25) is 9.88 Å². The molecule has 2 aliphatic rings. The van der Waals surface area contributed by atoms with Crippen LogP contribution in [0.25, 0.3) is 0 Å². The van der Waals surface area contributed by atoms with E-state index in [-0.39, 0.29) is 5.60 Å². The van der Waals surface area contributed by atoms with Gasteiger partial charge in [0.05, 0.1) is 12.2 Å². The number of ether oxygens (including phenoxy) is 1. The molecule has 5 rings (SSSR count). The summed E-state index contributed by atoms with van der Waals surface area (Å²) in [4.78, 5) is 11.8. The van der Waals surface area contributed by atoms with Gasteiger partial charge < -0.3 is 9.57 Å². The molecule has 34 heavy (non-hydrogen) atoms. The molecule has 7 heteroatoms. The fourth-order valence-corrected chi connectivity index (χ4v) is 5.08. The van der Waals surface area contributed by atoms with E-state index in [0.717, 1.165) is 55.7 Å². The Bertz CT molecular complexity index is 1240. The SMILES string of the molecule is CO/N=C(/c1ccc(F)c(F)c1)c1ccc(CN2CCC3(CC2)OCc2ccncc23)cc1C. The van der Waals surface area contributed by atoms with Crippen molar-refractivity contribution in [2.24, 2.45) is 5.16 Å². The van der Waals surface area contributed by atoms with Gasteiger partial charge in [0, 0.05) is 48.7 Å². The summed E-state index contributed by atoms with van der Waals surface area (Å²) >= 11 is 0. The third-order valence-electron chi connectivity index (χ3n) is 6.90. The average Bonchev–Trinajstić information content (AvgIpc) is 3.20. The molecule has 5 nitrogen and oxygen atoms in total. The Morgan fingerprint density at radius 1 is 1.12 bits per heavy atom. The molecule has 0 unspecified atom stereocenters. The van der Waals surface area contributed by atoms with Gasteiger partial charge in [-0.05, 0) is 60.7 Å². The predicted octanol–water partition coefficient (Wildman–Crippen LogP) is 5.09. The third-order valence-corrected chi connectivity index (χ3v) is 6.90. The van der Waals surface area contributed by atoms with E-state index in [1.807, 2.05) is 25.4 Å². The van der Waals surface area contributed by atoms with Crippen molar-refractivity contribution in [2.75, 3.05) is 20.2 Å². The van der Waals surface area contributed by atoms with Crippen molar-refractivity contribution in [3.63, 3.8) is 0 Å². The van der Waals surface area contributed by atoms with E-state index in [9.17, 15) is 8.78 Å². The van der Waals surface area contributed by atoms with Crippen LogP contribution in [0.4, 0.5) is 8.78 Å². The summed E-state index contributed by atoms with van der Waals surface area (Å²) in [6, 6.07) is 12.0. The maximum Gasteiger partial charge on any atom is 0.159 e. The number of fused-ring (bicyclic) bond motifs is 2. The average molecular weight is 464 g/mol. The molecule has 0 N–H and O–H groups in total. The molecule has 0 radical (unpaired) electrons. The molecule has 0 atom stereocenters. The summed E-state index contributed by atoms with van der Waals surface area (Å²) in [5.74, 6) is -1.80. The van der Waals surface area contributed by atoms with Crippen molar-refractivity contribution in [1.82, 2.24) is 9.88 Å². The van der Waals surface area contributed by atoms with Crippen LogP contribution in [-0.2, 0) is 28.3 Å². The lowest BCUT2D eigenvalue weighted by Gasteiger charge is -2.39. The van der Waals surface area contributed by atoms with Gasteiger partial charge in [-0.25, -0.2) is 8.78 Å². The minimum Gasteiger partial charge on any atom is -0.399 e. The standard InChI is InChI=1S/C27H27F2N3O2/c1-18-13-19(3-5-22(18)26(31-33-2)20-4-6-24(28)25(29)14-20)16-32-11-8-27(9-12-32)23-15-30-10-7-21(23)17-34-27/h3-7,10,13-15H,8-9,11-12,16-17H2,1-2H3/b31-26-. The monoisotopic (exact) mass is 463 g/mol. The molecule has 0 amide bonds. The third kappa shape index (κ3) is 4.21. The minimum absolute atomic E-state index is 0.199. The number of likely N-dealkylation sites (tertiary alicyclic amines) is 1. The van der Waals surface area contributed by atoms with Crippen molar-refractivity contribution >= 4 is 5.71 Å².